The third kappa shape index (κ3) is 7.88. The van der Waals surface area contributed by atoms with E-state index in [1.807, 2.05) is 65.8 Å². The van der Waals surface area contributed by atoms with E-state index in [-0.39, 0.29) is 23.4 Å². The molecule has 0 aliphatic heterocycles. The first kappa shape index (κ1) is 31.7. The predicted molar refractivity (Wildman–Crippen MR) is 163 cm³/mol. The monoisotopic (exact) mass is 579 g/mol. The Labute approximate surface area is 244 Å². The van der Waals surface area contributed by atoms with Gasteiger partial charge in [-0.1, -0.05) is 54.4 Å². The van der Waals surface area contributed by atoms with Crippen LogP contribution in [0.1, 0.15) is 49.4 Å². The summed E-state index contributed by atoms with van der Waals surface area (Å²) < 4.78 is 34.5. The zero-order chi connectivity index (χ0) is 30.3. The molecule has 1 N–H and O–H groups in total. The molecular weight excluding hydrogens is 538 g/mol. The number of amides is 2. The van der Waals surface area contributed by atoms with E-state index < -0.39 is 28.5 Å². The summed E-state index contributed by atoms with van der Waals surface area (Å²) in [5, 5.41) is 2.91. The molecule has 0 spiro atoms. The average molecular weight is 580 g/mol. The Morgan fingerprint density at radius 2 is 1.51 bits per heavy atom. The van der Waals surface area contributed by atoms with Gasteiger partial charge in [0.05, 0.1) is 17.7 Å². The second kappa shape index (κ2) is 13.7. The van der Waals surface area contributed by atoms with Crippen LogP contribution in [-0.4, -0.2) is 50.9 Å². The van der Waals surface area contributed by atoms with Gasteiger partial charge in [-0.05, 0) is 82.5 Å². The number of nitrogens with one attached hydrogen (secondary N) is 1. The lowest BCUT2D eigenvalue weighted by atomic mass is 10.1. The van der Waals surface area contributed by atoms with Gasteiger partial charge in [0.25, 0.3) is 10.0 Å². The lowest BCUT2D eigenvalue weighted by molar-refractivity contribution is -0.140. The van der Waals surface area contributed by atoms with Crippen LogP contribution in [0, 0.1) is 20.8 Å². The molecule has 8 nitrogen and oxygen atoms in total. The molecule has 3 aromatic carbocycles. The predicted octanol–water partition coefficient (Wildman–Crippen LogP) is 5.15. The van der Waals surface area contributed by atoms with E-state index >= 15 is 0 Å². The van der Waals surface area contributed by atoms with Crippen LogP contribution in [0.2, 0.25) is 0 Å². The van der Waals surface area contributed by atoms with Crippen LogP contribution in [0.5, 0.6) is 5.75 Å². The van der Waals surface area contributed by atoms with E-state index in [9.17, 15) is 18.0 Å². The molecule has 0 aliphatic carbocycles. The van der Waals surface area contributed by atoms with Crippen molar-refractivity contribution in [1.82, 2.24) is 10.2 Å². The number of anilines is 1. The van der Waals surface area contributed by atoms with Crippen molar-refractivity contribution in [3.8, 4) is 5.75 Å². The van der Waals surface area contributed by atoms with Gasteiger partial charge in [-0.15, -0.1) is 0 Å². The van der Waals surface area contributed by atoms with E-state index in [1.165, 1.54) is 4.90 Å². The van der Waals surface area contributed by atoms with Crippen LogP contribution < -0.4 is 14.4 Å². The minimum Gasteiger partial charge on any atom is -0.497 e. The van der Waals surface area contributed by atoms with E-state index in [0.717, 1.165) is 26.6 Å². The van der Waals surface area contributed by atoms with Crippen LogP contribution in [0.25, 0.3) is 0 Å². The molecule has 0 radical (unpaired) electrons. The highest BCUT2D eigenvalue weighted by molar-refractivity contribution is 7.92. The van der Waals surface area contributed by atoms with Crippen molar-refractivity contribution < 1.29 is 22.7 Å². The second-order valence-electron chi connectivity index (χ2n) is 10.6. The van der Waals surface area contributed by atoms with Crippen LogP contribution in [-0.2, 0) is 26.2 Å². The first-order valence-electron chi connectivity index (χ1n) is 13.8. The van der Waals surface area contributed by atoms with Gasteiger partial charge in [0.15, 0.2) is 0 Å². The van der Waals surface area contributed by atoms with Crippen LogP contribution in [0.15, 0.2) is 71.6 Å². The third-order valence-electron chi connectivity index (χ3n) is 6.84. The molecule has 3 aromatic rings. The summed E-state index contributed by atoms with van der Waals surface area (Å²) in [5.41, 5.74) is 3.82. The standard InChI is InChI=1S/C32H41N3O5S/c1-8-29(32(37)33-22(2)3)34(20-26-12-14-27(40-7)15-13-26)31(36)21-35(30-18-11-24(5)19-25(30)6)41(38,39)28-16-9-23(4)10-17-28/h9-19,22,29H,8,20-21H2,1-7H3,(H,33,37)/t29-/m0/s1. The maximum absolute atomic E-state index is 14.2. The van der Waals surface area contributed by atoms with Crippen LogP contribution >= 0.6 is 0 Å². The molecule has 0 bridgehead atoms. The lowest BCUT2D eigenvalue weighted by Crippen LogP contribution is -2.53. The number of sulfonamides is 1. The summed E-state index contributed by atoms with van der Waals surface area (Å²) in [6, 6.07) is 18.3. The van der Waals surface area contributed by atoms with Crippen LogP contribution in [0.4, 0.5) is 5.69 Å². The highest BCUT2D eigenvalue weighted by Crippen LogP contribution is 2.28. The number of carbonyl (C=O) groups is 2. The summed E-state index contributed by atoms with van der Waals surface area (Å²) >= 11 is 0. The Hall–Kier alpha value is -3.85. The number of carbonyl (C=O) groups excluding carboxylic acids is 2. The number of methoxy groups -OCH3 is 1. The van der Waals surface area contributed by atoms with E-state index in [4.69, 9.17) is 4.74 Å². The molecule has 0 saturated heterocycles. The van der Waals surface area contributed by atoms with Gasteiger partial charge in [-0.25, -0.2) is 8.42 Å². The summed E-state index contributed by atoms with van der Waals surface area (Å²) in [6.45, 7) is 10.8. The van der Waals surface area contributed by atoms with Gasteiger partial charge in [-0.2, -0.15) is 0 Å². The Morgan fingerprint density at radius 3 is 2.05 bits per heavy atom. The molecule has 3 rings (SSSR count). The number of nitrogens with zero attached hydrogens (tertiary/aromatic N) is 2. The smallest absolute Gasteiger partial charge is 0.264 e. The van der Waals surface area contributed by atoms with Crippen LogP contribution in [0.3, 0.4) is 0 Å². The minimum absolute atomic E-state index is 0.0853. The number of hydrogen-bond donors (Lipinski definition) is 1. The average Bonchev–Trinajstić information content (AvgIpc) is 2.92. The molecule has 1 atom stereocenters. The SMILES string of the molecule is CC[C@@H](C(=O)NC(C)C)N(Cc1ccc(OC)cc1)C(=O)CN(c1ccc(C)cc1C)S(=O)(=O)c1ccc(C)cc1. The Balaban J connectivity index is 2.09. The number of ether oxygens (including phenoxy) is 1. The molecule has 0 aliphatic rings. The van der Waals surface area contributed by atoms with Gasteiger partial charge in [-0.3, -0.25) is 13.9 Å². The normalized spacial score (nSPS) is 12.1. The summed E-state index contributed by atoms with van der Waals surface area (Å²) in [6.07, 6.45) is 0.356. The fourth-order valence-corrected chi connectivity index (χ4v) is 6.14. The van der Waals surface area contributed by atoms with Crippen molar-refractivity contribution in [3.63, 3.8) is 0 Å². The van der Waals surface area contributed by atoms with Gasteiger partial charge in [0.2, 0.25) is 11.8 Å². The maximum atomic E-state index is 14.2. The van der Waals surface area contributed by atoms with E-state index in [2.05, 4.69) is 5.32 Å². The lowest BCUT2D eigenvalue weighted by Gasteiger charge is -2.34. The zero-order valence-corrected chi connectivity index (χ0v) is 25.8. The fraction of sp³-hybridized carbons (Fsp3) is 0.375. The first-order chi connectivity index (χ1) is 19.4. The maximum Gasteiger partial charge on any atom is 0.264 e. The molecule has 0 unspecified atom stereocenters. The molecule has 9 heteroatoms. The van der Waals surface area contributed by atoms with Gasteiger partial charge >= 0.3 is 0 Å². The van der Waals surface area contributed by atoms with Crippen molar-refractivity contribution in [2.45, 2.75) is 71.5 Å². The molecule has 0 saturated carbocycles. The Morgan fingerprint density at radius 1 is 0.902 bits per heavy atom. The molecule has 0 fully saturated rings. The van der Waals surface area contributed by atoms with Crippen molar-refractivity contribution in [2.75, 3.05) is 18.0 Å². The third-order valence-corrected chi connectivity index (χ3v) is 8.61. The van der Waals surface area contributed by atoms with Gasteiger partial charge in [0, 0.05) is 12.6 Å². The van der Waals surface area contributed by atoms with E-state index in [1.54, 1.807) is 49.6 Å². The fourth-order valence-electron chi connectivity index (χ4n) is 4.66. The van der Waals surface area contributed by atoms with Crippen molar-refractivity contribution >= 4 is 27.5 Å². The van der Waals surface area contributed by atoms with Gasteiger partial charge in [0.1, 0.15) is 18.3 Å². The number of aryl methyl sites for hydroxylation is 3. The number of hydrogen-bond acceptors (Lipinski definition) is 5. The number of rotatable bonds is 12. The first-order valence-corrected chi connectivity index (χ1v) is 15.2. The Bertz CT molecular complexity index is 1450. The zero-order valence-electron chi connectivity index (χ0n) is 25.0. The molecular formula is C32H41N3O5S. The molecule has 2 amide bonds. The Kier molecular flexibility index (Phi) is 10.6. The summed E-state index contributed by atoms with van der Waals surface area (Å²) in [4.78, 5) is 29.0. The van der Waals surface area contributed by atoms with Crippen molar-refractivity contribution in [1.29, 1.82) is 0 Å². The highest BCUT2D eigenvalue weighted by atomic mass is 32.2. The molecule has 0 heterocycles. The van der Waals surface area contributed by atoms with Crippen molar-refractivity contribution in [2.24, 2.45) is 0 Å². The molecule has 220 valence electrons. The largest absolute Gasteiger partial charge is 0.497 e. The van der Waals surface area contributed by atoms with E-state index in [0.29, 0.717) is 17.9 Å². The number of benzene rings is 3. The molecule has 0 aromatic heterocycles. The summed E-state index contributed by atoms with van der Waals surface area (Å²) in [7, 11) is -2.55. The quantitative estimate of drug-likeness (QED) is 0.320. The second-order valence-corrected chi connectivity index (χ2v) is 12.4. The topological polar surface area (TPSA) is 96.0 Å². The minimum atomic E-state index is -4.12. The van der Waals surface area contributed by atoms with Crippen molar-refractivity contribution in [3.05, 3.63) is 89.0 Å². The highest BCUT2D eigenvalue weighted by Gasteiger charge is 2.34. The summed E-state index contributed by atoms with van der Waals surface area (Å²) in [5.74, 6) is -0.104. The molecule has 41 heavy (non-hydrogen) atoms. The van der Waals surface area contributed by atoms with Gasteiger partial charge < -0.3 is 15.0 Å².